The van der Waals surface area contributed by atoms with Gasteiger partial charge in [-0.05, 0) is 44.5 Å². The number of carbonyl (C=O) groups excluding carboxylic acids is 1. The predicted molar refractivity (Wildman–Crippen MR) is 108 cm³/mol. The van der Waals surface area contributed by atoms with E-state index in [4.69, 9.17) is 4.84 Å². The lowest BCUT2D eigenvalue weighted by atomic mass is 10.0. The van der Waals surface area contributed by atoms with Crippen LogP contribution in [0, 0.1) is 11.6 Å². The average Bonchev–Trinajstić information content (AvgIpc) is 3.10. The Hall–Kier alpha value is -2.96. The van der Waals surface area contributed by atoms with Crippen LogP contribution >= 0.6 is 0 Å². The Balaban J connectivity index is 1.70. The lowest BCUT2D eigenvalue weighted by Crippen LogP contribution is -2.50. The van der Waals surface area contributed by atoms with Gasteiger partial charge in [0.15, 0.2) is 6.10 Å². The fraction of sp³-hybridized carbons (Fsp3) is 0.364. The molecule has 1 atom stereocenters. The molecule has 0 fully saturated rings. The Labute approximate surface area is 169 Å². The second-order valence-electron chi connectivity index (χ2n) is 8.14. The van der Waals surface area contributed by atoms with Gasteiger partial charge in [0, 0.05) is 24.1 Å². The van der Waals surface area contributed by atoms with Crippen LogP contribution < -0.4 is 5.32 Å². The standard InChI is InChI=1S/C22H25F2N3O2/c1-22(2,3)25-21(28)27(13-15-8-10-16(23)11-9-15)14-17-12-20(26-29-17)18-6-4-5-7-19(18)24/h4-11,17H,12-14H2,1-3H3,(H,25,28)/t17-/m0/s1. The fourth-order valence-corrected chi connectivity index (χ4v) is 3.06. The van der Waals surface area contributed by atoms with Crippen molar-refractivity contribution >= 4 is 11.7 Å². The Morgan fingerprint density at radius 3 is 2.52 bits per heavy atom. The Morgan fingerprint density at radius 2 is 1.86 bits per heavy atom. The number of nitrogens with zero attached hydrogens (tertiary/aromatic N) is 2. The third-order valence-corrected chi connectivity index (χ3v) is 4.40. The first-order valence-corrected chi connectivity index (χ1v) is 9.50. The van der Waals surface area contributed by atoms with Crippen molar-refractivity contribution in [3.8, 4) is 0 Å². The highest BCUT2D eigenvalue weighted by atomic mass is 19.1. The highest BCUT2D eigenvalue weighted by molar-refractivity contribution is 6.01. The zero-order chi connectivity index (χ0) is 21.0. The summed E-state index contributed by atoms with van der Waals surface area (Å²) in [6, 6.07) is 12.1. The summed E-state index contributed by atoms with van der Waals surface area (Å²) < 4.78 is 27.2. The van der Waals surface area contributed by atoms with E-state index in [1.807, 2.05) is 20.8 Å². The molecule has 1 N–H and O–H groups in total. The molecule has 2 aromatic rings. The summed E-state index contributed by atoms with van der Waals surface area (Å²) in [5, 5.41) is 6.96. The maximum atomic E-state index is 14.0. The molecule has 5 nitrogen and oxygen atoms in total. The number of hydrogen-bond donors (Lipinski definition) is 1. The molecule has 1 heterocycles. The monoisotopic (exact) mass is 401 g/mol. The van der Waals surface area contributed by atoms with Gasteiger partial charge in [-0.3, -0.25) is 0 Å². The van der Waals surface area contributed by atoms with Crippen LogP contribution in [-0.2, 0) is 11.4 Å². The van der Waals surface area contributed by atoms with Crippen molar-refractivity contribution in [1.29, 1.82) is 0 Å². The van der Waals surface area contributed by atoms with Gasteiger partial charge in [0.2, 0.25) is 0 Å². The number of carbonyl (C=O) groups is 1. The van der Waals surface area contributed by atoms with Gasteiger partial charge >= 0.3 is 6.03 Å². The minimum Gasteiger partial charge on any atom is -0.390 e. The zero-order valence-electron chi connectivity index (χ0n) is 16.8. The highest BCUT2D eigenvalue weighted by Gasteiger charge is 2.29. The molecule has 3 rings (SSSR count). The number of oxime groups is 1. The molecule has 0 radical (unpaired) electrons. The molecule has 2 aromatic carbocycles. The molecule has 0 spiro atoms. The van der Waals surface area contributed by atoms with E-state index in [1.165, 1.54) is 18.2 Å². The minimum absolute atomic E-state index is 0.259. The molecule has 29 heavy (non-hydrogen) atoms. The van der Waals surface area contributed by atoms with Gasteiger partial charge in [0.05, 0.1) is 12.3 Å². The number of urea groups is 1. The fourth-order valence-electron chi connectivity index (χ4n) is 3.06. The average molecular weight is 401 g/mol. The molecule has 0 saturated carbocycles. The molecule has 2 amide bonds. The zero-order valence-corrected chi connectivity index (χ0v) is 16.8. The van der Waals surface area contributed by atoms with Crippen LogP contribution in [-0.4, -0.2) is 34.8 Å². The van der Waals surface area contributed by atoms with Crippen molar-refractivity contribution in [3.05, 3.63) is 71.3 Å². The van der Waals surface area contributed by atoms with Gasteiger partial charge in [-0.1, -0.05) is 35.5 Å². The van der Waals surface area contributed by atoms with Crippen LogP contribution in [0.25, 0.3) is 0 Å². The van der Waals surface area contributed by atoms with Crippen LogP contribution in [0.2, 0.25) is 0 Å². The predicted octanol–water partition coefficient (Wildman–Crippen LogP) is 4.47. The van der Waals surface area contributed by atoms with E-state index in [9.17, 15) is 13.6 Å². The summed E-state index contributed by atoms with van der Waals surface area (Å²) >= 11 is 0. The van der Waals surface area contributed by atoms with Gasteiger partial charge in [-0.25, -0.2) is 13.6 Å². The van der Waals surface area contributed by atoms with Crippen LogP contribution in [0.4, 0.5) is 13.6 Å². The molecule has 0 saturated heterocycles. The van der Waals surface area contributed by atoms with Gasteiger partial charge in [0.1, 0.15) is 11.6 Å². The number of hydrogen-bond acceptors (Lipinski definition) is 3. The smallest absolute Gasteiger partial charge is 0.318 e. The molecule has 1 aliphatic rings. The van der Waals surface area contributed by atoms with Gasteiger partial charge < -0.3 is 15.1 Å². The first-order valence-electron chi connectivity index (χ1n) is 9.50. The Kier molecular flexibility index (Phi) is 6.15. The van der Waals surface area contributed by atoms with Crippen molar-refractivity contribution in [1.82, 2.24) is 10.2 Å². The largest absolute Gasteiger partial charge is 0.390 e. The Morgan fingerprint density at radius 1 is 1.17 bits per heavy atom. The summed E-state index contributed by atoms with van der Waals surface area (Å²) in [6.07, 6.45) is -0.000294. The third-order valence-electron chi connectivity index (χ3n) is 4.40. The van der Waals surface area contributed by atoms with Crippen molar-refractivity contribution in [2.75, 3.05) is 6.54 Å². The number of benzene rings is 2. The van der Waals surface area contributed by atoms with Gasteiger partial charge in [-0.2, -0.15) is 0 Å². The molecular formula is C22H25F2N3O2. The van der Waals surface area contributed by atoms with Crippen molar-refractivity contribution in [3.63, 3.8) is 0 Å². The first kappa shape index (κ1) is 20.8. The van der Waals surface area contributed by atoms with Crippen molar-refractivity contribution in [2.45, 2.75) is 45.4 Å². The summed E-state index contributed by atoms with van der Waals surface area (Å²) in [5.41, 5.74) is 1.30. The van der Waals surface area contributed by atoms with Gasteiger partial charge in [0.25, 0.3) is 0 Å². The summed E-state index contributed by atoms with van der Waals surface area (Å²) in [6.45, 7) is 6.24. The molecule has 1 aliphatic heterocycles. The SMILES string of the molecule is CC(C)(C)NC(=O)N(Cc1ccc(F)cc1)C[C@@H]1CC(c2ccccc2F)=NO1. The number of nitrogens with one attached hydrogen (secondary N) is 1. The van der Waals surface area contributed by atoms with Crippen LogP contribution in [0.1, 0.15) is 38.3 Å². The maximum absolute atomic E-state index is 14.0. The second kappa shape index (κ2) is 8.59. The lowest BCUT2D eigenvalue weighted by molar-refractivity contribution is 0.0580. The van der Waals surface area contributed by atoms with E-state index in [2.05, 4.69) is 10.5 Å². The second-order valence-corrected chi connectivity index (χ2v) is 8.14. The van der Waals surface area contributed by atoms with Crippen LogP contribution in [0.15, 0.2) is 53.7 Å². The van der Waals surface area contributed by atoms with Crippen molar-refractivity contribution < 1.29 is 18.4 Å². The quantitative estimate of drug-likeness (QED) is 0.804. The maximum Gasteiger partial charge on any atom is 0.318 e. The first-order chi connectivity index (χ1) is 13.7. The molecule has 154 valence electrons. The third kappa shape index (κ3) is 5.76. The van der Waals surface area contributed by atoms with E-state index >= 15 is 0 Å². The summed E-state index contributed by atoms with van der Waals surface area (Å²) in [7, 11) is 0. The highest BCUT2D eigenvalue weighted by Crippen LogP contribution is 2.21. The number of halogens is 2. The van der Waals surface area contributed by atoms with E-state index in [-0.39, 0.29) is 30.8 Å². The van der Waals surface area contributed by atoms with Crippen LogP contribution in [0.5, 0.6) is 0 Å². The topological polar surface area (TPSA) is 53.9 Å². The van der Waals surface area contributed by atoms with E-state index in [0.29, 0.717) is 17.7 Å². The molecule has 0 aromatic heterocycles. The van der Waals surface area contributed by atoms with Crippen molar-refractivity contribution in [2.24, 2.45) is 5.16 Å². The molecule has 0 bridgehead atoms. The summed E-state index contributed by atoms with van der Waals surface area (Å²) in [5.74, 6) is -0.689. The molecule has 0 unspecified atom stereocenters. The lowest BCUT2D eigenvalue weighted by Gasteiger charge is -2.29. The molecule has 0 aliphatic carbocycles. The number of amides is 2. The summed E-state index contributed by atoms with van der Waals surface area (Å²) in [4.78, 5) is 19.9. The Bertz CT molecular complexity index is 892. The van der Waals surface area contributed by atoms with E-state index in [1.54, 1.807) is 35.2 Å². The van der Waals surface area contributed by atoms with Crippen LogP contribution in [0.3, 0.4) is 0 Å². The normalized spacial score (nSPS) is 16.2. The van der Waals surface area contributed by atoms with E-state index in [0.717, 1.165) is 5.56 Å². The van der Waals surface area contributed by atoms with Gasteiger partial charge in [-0.15, -0.1) is 0 Å². The number of rotatable bonds is 5. The molecule has 7 heteroatoms. The minimum atomic E-state index is -0.413. The van der Waals surface area contributed by atoms with E-state index < -0.39 is 11.6 Å². The molecular weight excluding hydrogens is 376 g/mol.